The quantitative estimate of drug-likeness (QED) is 0.766. The van der Waals surface area contributed by atoms with Crippen molar-refractivity contribution in [3.8, 4) is 0 Å². The first-order chi connectivity index (χ1) is 6.70. The van der Waals surface area contributed by atoms with Crippen molar-refractivity contribution in [1.29, 1.82) is 0 Å². The minimum Gasteiger partial charge on any atom is -0.481 e. The summed E-state index contributed by atoms with van der Waals surface area (Å²) >= 11 is 0. The van der Waals surface area contributed by atoms with E-state index in [1.54, 1.807) is 29.8 Å². The SMILES string of the molecule is CC(C(=O)O)c1cccn2ncnc12. The Labute approximate surface area is 80.0 Å². The summed E-state index contributed by atoms with van der Waals surface area (Å²) in [7, 11) is 0. The summed E-state index contributed by atoms with van der Waals surface area (Å²) in [4.78, 5) is 14.8. The molecule has 2 rings (SSSR count). The van der Waals surface area contributed by atoms with Crippen molar-refractivity contribution in [2.75, 3.05) is 0 Å². The van der Waals surface area contributed by atoms with Gasteiger partial charge in [0.1, 0.15) is 6.33 Å². The van der Waals surface area contributed by atoms with E-state index in [2.05, 4.69) is 10.1 Å². The summed E-state index contributed by atoms with van der Waals surface area (Å²) in [6, 6.07) is 3.51. The van der Waals surface area contributed by atoms with Crippen LogP contribution in [0.3, 0.4) is 0 Å². The highest BCUT2D eigenvalue weighted by Gasteiger charge is 2.17. The number of aliphatic carboxylic acids is 1. The Balaban J connectivity index is 2.61. The molecule has 72 valence electrons. The van der Waals surface area contributed by atoms with Crippen LogP contribution in [-0.4, -0.2) is 25.7 Å². The van der Waals surface area contributed by atoms with Gasteiger partial charge in [-0.2, -0.15) is 5.10 Å². The highest BCUT2D eigenvalue weighted by molar-refractivity contribution is 5.78. The minimum atomic E-state index is -0.860. The molecular weight excluding hydrogens is 182 g/mol. The number of carbonyl (C=O) groups is 1. The zero-order valence-electron chi connectivity index (χ0n) is 7.58. The standard InChI is InChI=1S/C9H9N3O2/c1-6(9(13)14)7-3-2-4-12-8(7)10-5-11-12/h2-6H,1H3,(H,13,14). The molecule has 2 aromatic heterocycles. The molecule has 0 saturated heterocycles. The zero-order valence-corrected chi connectivity index (χ0v) is 7.58. The first kappa shape index (κ1) is 8.68. The van der Waals surface area contributed by atoms with Crippen LogP contribution in [0.1, 0.15) is 18.4 Å². The Hall–Kier alpha value is -1.91. The number of nitrogens with zero attached hydrogens (tertiary/aromatic N) is 3. The summed E-state index contributed by atoms with van der Waals surface area (Å²) < 4.78 is 1.56. The van der Waals surface area contributed by atoms with Gasteiger partial charge in [-0.25, -0.2) is 9.50 Å². The number of carboxylic acid groups (broad SMARTS) is 1. The lowest BCUT2D eigenvalue weighted by atomic mass is 10.0. The van der Waals surface area contributed by atoms with Crippen LogP contribution >= 0.6 is 0 Å². The van der Waals surface area contributed by atoms with E-state index in [9.17, 15) is 4.79 Å². The molecule has 0 aliphatic heterocycles. The Bertz CT molecular complexity index is 478. The molecule has 0 fully saturated rings. The third kappa shape index (κ3) is 1.22. The van der Waals surface area contributed by atoms with Gasteiger partial charge in [0.15, 0.2) is 5.65 Å². The number of carboxylic acids is 1. The van der Waals surface area contributed by atoms with Gasteiger partial charge < -0.3 is 5.11 Å². The average molecular weight is 191 g/mol. The lowest BCUT2D eigenvalue weighted by molar-refractivity contribution is -0.138. The number of hydrogen-bond acceptors (Lipinski definition) is 3. The van der Waals surface area contributed by atoms with E-state index in [0.29, 0.717) is 11.2 Å². The van der Waals surface area contributed by atoms with E-state index in [4.69, 9.17) is 5.11 Å². The maximum absolute atomic E-state index is 10.8. The third-order valence-corrected chi connectivity index (χ3v) is 2.17. The van der Waals surface area contributed by atoms with Gasteiger partial charge in [0, 0.05) is 11.8 Å². The maximum Gasteiger partial charge on any atom is 0.310 e. The Kier molecular flexibility index (Phi) is 1.92. The molecule has 0 saturated carbocycles. The Morgan fingerprint density at radius 1 is 1.64 bits per heavy atom. The summed E-state index contributed by atoms with van der Waals surface area (Å²) in [5.74, 6) is -1.43. The van der Waals surface area contributed by atoms with Gasteiger partial charge in [0.2, 0.25) is 0 Å². The zero-order chi connectivity index (χ0) is 10.1. The monoisotopic (exact) mass is 191 g/mol. The highest BCUT2D eigenvalue weighted by Crippen LogP contribution is 2.18. The van der Waals surface area contributed by atoms with E-state index in [-0.39, 0.29) is 0 Å². The van der Waals surface area contributed by atoms with Crippen LogP contribution in [-0.2, 0) is 4.79 Å². The molecule has 5 heteroatoms. The predicted octanol–water partition coefficient (Wildman–Crippen LogP) is 0.917. The first-order valence-corrected chi connectivity index (χ1v) is 4.21. The lowest BCUT2D eigenvalue weighted by Gasteiger charge is -2.06. The largest absolute Gasteiger partial charge is 0.481 e. The molecule has 0 spiro atoms. The van der Waals surface area contributed by atoms with Crippen molar-refractivity contribution in [3.05, 3.63) is 30.2 Å². The molecule has 2 heterocycles. The molecular formula is C9H9N3O2. The van der Waals surface area contributed by atoms with Crippen LogP contribution in [0, 0.1) is 0 Å². The van der Waals surface area contributed by atoms with Crippen molar-refractivity contribution in [1.82, 2.24) is 14.6 Å². The molecule has 1 N–H and O–H groups in total. The van der Waals surface area contributed by atoms with E-state index in [1.807, 2.05) is 0 Å². The molecule has 5 nitrogen and oxygen atoms in total. The van der Waals surface area contributed by atoms with Crippen LogP contribution in [0.25, 0.3) is 5.65 Å². The van der Waals surface area contributed by atoms with Crippen LogP contribution in [0.4, 0.5) is 0 Å². The normalized spacial score (nSPS) is 12.9. The predicted molar refractivity (Wildman–Crippen MR) is 49.0 cm³/mol. The fourth-order valence-corrected chi connectivity index (χ4v) is 1.34. The van der Waals surface area contributed by atoms with Crippen LogP contribution in [0.2, 0.25) is 0 Å². The lowest BCUT2D eigenvalue weighted by Crippen LogP contribution is -2.09. The number of aromatic nitrogens is 3. The van der Waals surface area contributed by atoms with Gasteiger partial charge in [-0.15, -0.1) is 0 Å². The number of rotatable bonds is 2. The molecule has 0 aliphatic rings. The maximum atomic E-state index is 10.8. The Morgan fingerprint density at radius 2 is 2.43 bits per heavy atom. The second-order valence-corrected chi connectivity index (χ2v) is 3.05. The molecule has 14 heavy (non-hydrogen) atoms. The molecule has 0 aliphatic carbocycles. The van der Waals surface area contributed by atoms with Crippen molar-refractivity contribution in [2.45, 2.75) is 12.8 Å². The summed E-state index contributed by atoms with van der Waals surface area (Å²) in [5, 5.41) is 12.8. The summed E-state index contributed by atoms with van der Waals surface area (Å²) in [6.07, 6.45) is 3.15. The minimum absolute atomic E-state index is 0.567. The van der Waals surface area contributed by atoms with E-state index in [0.717, 1.165) is 0 Å². The molecule has 2 aromatic rings. The second kappa shape index (κ2) is 3.10. The van der Waals surface area contributed by atoms with Crippen LogP contribution in [0.15, 0.2) is 24.7 Å². The van der Waals surface area contributed by atoms with Gasteiger partial charge in [-0.3, -0.25) is 4.79 Å². The Morgan fingerprint density at radius 3 is 3.14 bits per heavy atom. The third-order valence-electron chi connectivity index (χ3n) is 2.17. The van der Waals surface area contributed by atoms with E-state index >= 15 is 0 Å². The number of fused-ring (bicyclic) bond motifs is 1. The molecule has 1 unspecified atom stereocenters. The van der Waals surface area contributed by atoms with Crippen LogP contribution < -0.4 is 0 Å². The number of pyridine rings is 1. The second-order valence-electron chi connectivity index (χ2n) is 3.05. The van der Waals surface area contributed by atoms with Gasteiger partial charge >= 0.3 is 5.97 Å². The fraction of sp³-hybridized carbons (Fsp3) is 0.222. The smallest absolute Gasteiger partial charge is 0.310 e. The molecule has 0 bridgehead atoms. The van der Waals surface area contributed by atoms with Crippen molar-refractivity contribution >= 4 is 11.6 Å². The van der Waals surface area contributed by atoms with Crippen molar-refractivity contribution in [3.63, 3.8) is 0 Å². The summed E-state index contributed by atoms with van der Waals surface area (Å²) in [5.41, 5.74) is 1.28. The van der Waals surface area contributed by atoms with Crippen molar-refractivity contribution in [2.24, 2.45) is 0 Å². The molecule has 0 radical (unpaired) electrons. The van der Waals surface area contributed by atoms with Gasteiger partial charge in [0.25, 0.3) is 0 Å². The fourth-order valence-electron chi connectivity index (χ4n) is 1.34. The van der Waals surface area contributed by atoms with Gasteiger partial charge in [-0.1, -0.05) is 6.07 Å². The van der Waals surface area contributed by atoms with Crippen molar-refractivity contribution < 1.29 is 9.90 Å². The first-order valence-electron chi connectivity index (χ1n) is 4.21. The van der Waals surface area contributed by atoms with Crippen LogP contribution in [0.5, 0.6) is 0 Å². The average Bonchev–Trinajstić information content (AvgIpc) is 2.63. The van der Waals surface area contributed by atoms with Gasteiger partial charge in [-0.05, 0) is 13.0 Å². The highest BCUT2D eigenvalue weighted by atomic mass is 16.4. The topological polar surface area (TPSA) is 67.5 Å². The van der Waals surface area contributed by atoms with E-state index in [1.165, 1.54) is 6.33 Å². The molecule has 0 aromatic carbocycles. The van der Waals surface area contributed by atoms with Gasteiger partial charge in [0.05, 0.1) is 5.92 Å². The number of hydrogen-bond donors (Lipinski definition) is 1. The molecule has 1 atom stereocenters. The molecule has 0 amide bonds. The van der Waals surface area contributed by atoms with E-state index < -0.39 is 11.9 Å². The summed E-state index contributed by atoms with van der Waals surface area (Å²) in [6.45, 7) is 1.63.